The predicted octanol–water partition coefficient (Wildman–Crippen LogP) is 5.93. The highest BCUT2D eigenvalue weighted by molar-refractivity contribution is 4.89. The molecule has 4 N–H and O–H groups in total. The lowest BCUT2D eigenvalue weighted by Gasteiger charge is -2.43. The van der Waals surface area contributed by atoms with E-state index >= 15 is 0 Å². The normalized spacial score (nSPS) is 17.3. The SMILES string of the molecule is CC(N)CC(C)(C)OCC(C)CC(C)(C)OCCC(C)(C)C(C)(C)OCC(C)C(C)(C)N. The van der Waals surface area contributed by atoms with Gasteiger partial charge in [-0.1, -0.05) is 27.7 Å². The van der Waals surface area contributed by atoms with Crippen molar-refractivity contribution in [2.75, 3.05) is 19.8 Å². The maximum Gasteiger partial charge on any atom is 0.0678 e. The van der Waals surface area contributed by atoms with Gasteiger partial charge in [0, 0.05) is 24.8 Å². The summed E-state index contributed by atoms with van der Waals surface area (Å²) < 4.78 is 18.9. The van der Waals surface area contributed by atoms with Gasteiger partial charge in [0.15, 0.2) is 0 Å². The van der Waals surface area contributed by atoms with Crippen LogP contribution in [0.2, 0.25) is 0 Å². The molecule has 0 aromatic carbocycles. The summed E-state index contributed by atoms with van der Waals surface area (Å²) >= 11 is 0. The standard InChI is InChI=1S/C27H58N2O3/c1-20(18-31-25(8,9)17-22(3)28)16-24(6,7)30-15-14-23(4,5)27(12,13)32-19-21(2)26(10,11)29/h20-22H,14-19,28-29H2,1-13H3. The molecule has 5 nitrogen and oxygen atoms in total. The molecule has 0 bridgehead atoms. The van der Waals surface area contributed by atoms with Crippen LogP contribution in [0.1, 0.15) is 109 Å². The molecule has 0 heterocycles. The minimum Gasteiger partial charge on any atom is -0.376 e. The number of ether oxygens (including phenoxy) is 3. The highest BCUT2D eigenvalue weighted by Crippen LogP contribution is 2.38. The van der Waals surface area contributed by atoms with Crippen molar-refractivity contribution in [1.82, 2.24) is 0 Å². The summed E-state index contributed by atoms with van der Waals surface area (Å²) in [6, 6.07) is 0.140. The van der Waals surface area contributed by atoms with Gasteiger partial charge < -0.3 is 25.7 Å². The summed E-state index contributed by atoms with van der Waals surface area (Å²) in [7, 11) is 0. The first-order valence-corrected chi connectivity index (χ1v) is 12.6. The molecular weight excluding hydrogens is 400 g/mol. The summed E-state index contributed by atoms with van der Waals surface area (Å²) in [5.41, 5.74) is 11.2. The second-order valence-electron chi connectivity index (χ2n) is 13.3. The molecule has 0 aromatic heterocycles. The van der Waals surface area contributed by atoms with Crippen LogP contribution in [0, 0.1) is 17.3 Å². The van der Waals surface area contributed by atoms with E-state index in [-0.39, 0.29) is 39.7 Å². The Labute approximate surface area is 200 Å². The zero-order valence-corrected chi connectivity index (χ0v) is 23.9. The first-order chi connectivity index (χ1) is 14.1. The molecule has 0 spiro atoms. The van der Waals surface area contributed by atoms with E-state index in [0.717, 1.165) is 19.3 Å². The highest BCUT2D eigenvalue weighted by atomic mass is 16.5. The van der Waals surface area contributed by atoms with E-state index in [1.807, 2.05) is 6.92 Å². The third kappa shape index (κ3) is 12.3. The lowest BCUT2D eigenvalue weighted by atomic mass is 9.74. The van der Waals surface area contributed by atoms with Crippen LogP contribution in [-0.4, -0.2) is 48.2 Å². The molecule has 0 fully saturated rings. The van der Waals surface area contributed by atoms with Gasteiger partial charge in [-0.25, -0.2) is 0 Å². The van der Waals surface area contributed by atoms with E-state index < -0.39 is 0 Å². The Kier molecular flexibility index (Phi) is 11.9. The fourth-order valence-corrected chi connectivity index (χ4v) is 3.79. The van der Waals surface area contributed by atoms with Gasteiger partial charge in [0.1, 0.15) is 0 Å². The van der Waals surface area contributed by atoms with Crippen LogP contribution < -0.4 is 11.5 Å². The topological polar surface area (TPSA) is 79.7 Å². The molecule has 0 aliphatic heterocycles. The van der Waals surface area contributed by atoms with Crippen LogP contribution in [0.3, 0.4) is 0 Å². The zero-order valence-electron chi connectivity index (χ0n) is 23.9. The fraction of sp³-hybridized carbons (Fsp3) is 1.00. The molecule has 3 unspecified atom stereocenters. The van der Waals surface area contributed by atoms with Gasteiger partial charge in [-0.3, -0.25) is 0 Å². The Hall–Kier alpha value is -0.200. The minimum atomic E-state index is -0.271. The smallest absolute Gasteiger partial charge is 0.0678 e. The van der Waals surface area contributed by atoms with Crippen LogP contribution in [-0.2, 0) is 14.2 Å². The monoisotopic (exact) mass is 458 g/mol. The van der Waals surface area contributed by atoms with Gasteiger partial charge in [-0.15, -0.1) is 0 Å². The van der Waals surface area contributed by atoms with E-state index in [1.54, 1.807) is 0 Å². The Balaban J connectivity index is 4.62. The first-order valence-electron chi connectivity index (χ1n) is 12.6. The Morgan fingerprint density at radius 3 is 1.66 bits per heavy atom. The molecule has 0 rings (SSSR count). The van der Waals surface area contributed by atoms with E-state index in [4.69, 9.17) is 25.7 Å². The molecule has 3 atom stereocenters. The first kappa shape index (κ1) is 31.8. The van der Waals surface area contributed by atoms with Crippen molar-refractivity contribution in [2.24, 2.45) is 28.7 Å². The van der Waals surface area contributed by atoms with Crippen molar-refractivity contribution in [3.63, 3.8) is 0 Å². The molecule has 194 valence electrons. The van der Waals surface area contributed by atoms with Crippen LogP contribution >= 0.6 is 0 Å². The van der Waals surface area contributed by atoms with Gasteiger partial charge in [-0.2, -0.15) is 0 Å². The molecule has 0 saturated carbocycles. The number of rotatable bonds is 16. The average molecular weight is 459 g/mol. The lowest BCUT2D eigenvalue weighted by Crippen LogP contribution is -2.47. The van der Waals surface area contributed by atoms with Crippen LogP contribution in [0.4, 0.5) is 0 Å². The van der Waals surface area contributed by atoms with Crippen molar-refractivity contribution in [3.05, 3.63) is 0 Å². The minimum absolute atomic E-state index is 0.0286. The van der Waals surface area contributed by atoms with Crippen LogP contribution in [0.25, 0.3) is 0 Å². The summed E-state index contributed by atoms with van der Waals surface area (Å²) in [5.74, 6) is 0.695. The highest BCUT2D eigenvalue weighted by Gasteiger charge is 2.39. The van der Waals surface area contributed by atoms with E-state index in [0.29, 0.717) is 25.7 Å². The van der Waals surface area contributed by atoms with Crippen molar-refractivity contribution >= 4 is 0 Å². The van der Waals surface area contributed by atoms with Crippen molar-refractivity contribution in [2.45, 2.75) is 138 Å². The van der Waals surface area contributed by atoms with Gasteiger partial charge in [0.2, 0.25) is 0 Å². The van der Waals surface area contributed by atoms with E-state index in [9.17, 15) is 0 Å². The average Bonchev–Trinajstić information content (AvgIpc) is 2.55. The molecule has 0 aliphatic rings. The molecule has 0 aromatic rings. The quantitative estimate of drug-likeness (QED) is 0.300. The molecule has 5 heteroatoms. The van der Waals surface area contributed by atoms with Gasteiger partial charge >= 0.3 is 0 Å². The Morgan fingerprint density at radius 1 is 0.688 bits per heavy atom. The lowest BCUT2D eigenvalue weighted by molar-refractivity contribution is -0.129. The third-order valence-electron chi connectivity index (χ3n) is 7.23. The van der Waals surface area contributed by atoms with Crippen molar-refractivity contribution in [1.29, 1.82) is 0 Å². The Morgan fingerprint density at radius 2 is 1.19 bits per heavy atom. The van der Waals surface area contributed by atoms with Crippen molar-refractivity contribution < 1.29 is 14.2 Å². The second-order valence-corrected chi connectivity index (χ2v) is 13.3. The fourth-order valence-electron chi connectivity index (χ4n) is 3.79. The maximum absolute atomic E-state index is 6.36. The Bertz CT molecular complexity index is 534. The number of nitrogens with two attached hydrogens (primary N) is 2. The summed E-state index contributed by atoms with van der Waals surface area (Å²) in [4.78, 5) is 0. The van der Waals surface area contributed by atoms with E-state index in [1.165, 1.54) is 0 Å². The summed E-state index contributed by atoms with van der Waals surface area (Å²) in [6.45, 7) is 30.1. The van der Waals surface area contributed by atoms with Crippen molar-refractivity contribution in [3.8, 4) is 0 Å². The van der Waals surface area contributed by atoms with Gasteiger partial charge in [0.25, 0.3) is 0 Å². The van der Waals surface area contributed by atoms with Crippen LogP contribution in [0.15, 0.2) is 0 Å². The summed E-state index contributed by atoms with van der Waals surface area (Å²) in [6.07, 6.45) is 2.73. The molecule has 32 heavy (non-hydrogen) atoms. The summed E-state index contributed by atoms with van der Waals surface area (Å²) in [5, 5.41) is 0. The third-order valence-corrected chi connectivity index (χ3v) is 7.23. The maximum atomic E-state index is 6.36. The second kappa shape index (κ2) is 12.0. The van der Waals surface area contributed by atoms with Gasteiger partial charge in [-0.05, 0) is 98.8 Å². The zero-order chi connectivity index (χ0) is 25.6. The molecule has 0 amide bonds. The predicted molar refractivity (Wildman–Crippen MR) is 138 cm³/mol. The van der Waals surface area contributed by atoms with Crippen LogP contribution in [0.5, 0.6) is 0 Å². The van der Waals surface area contributed by atoms with Gasteiger partial charge in [0.05, 0.1) is 23.4 Å². The molecule has 0 aliphatic carbocycles. The molecule has 0 saturated heterocycles. The largest absolute Gasteiger partial charge is 0.376 e. The van der Waals surface area contributed by atoms with E-state index in [2.05, 4.69) is 83.1 Å². The number of hydrogen-bond donors (Lipinski definition) is 2. The number of hydrogen-bond acceptors (Lipinski definition) is 5. The molecule has 0 radical (unpaired) electrons. The molecular formula is C27H58N2O3.